The van der Waals surface area contributed by atoms with Crippen molar-refractivity contribution in [1.29, 1.82) is 0 Å². The van der Waals surface area contributed by atoms with Crippen LogP contribution in [0.15, 0.2) is 36.5 Å². The fraction of sp³-hybridized carbons (Fsp3) is 0.267. The van der Waals surface area contributed by atoms with E-state index < -0.39 is 5.82 Å². The van der Waals surface area contributed by atoms with Gasteiger partial charge in [0.2, 0.25) is 0 Å². The zero-order chi connectivity index (χ0) is 13.7. The standard InChI is InChI=1S/C15H17FN2O/c1-3-17-10-12-8-9-18-15(14(12)16)19-13-6-4-11(2)5-7-13/h4-9,17H,3,10H2,1-2H3. The van der Waals surface area contributed by atoms with Crippen molar-refractivity contribution < 1.29 is 9.13 Å². The Labute approximate surface area is 112 Å². The minimum Gasteiger partial charge on any atom is -0.436 e. The normalized spacial score (nSPS) is 10.5. The van der Waals surface area contributed by atoms with Crippen molar-refractivity contribution in [3.8, 4) is 11.6 Å². The summed E-state index contributed by atoms with van der Waals surface area (Å²) < 4.78 is 19.6. The van der Waals surface area contributed by atoms with Gasteiger partial charge in [0.15, 0.2) is 5.82 Å². The lowest BCUT2D eigenvalue weighted by molar-refractivity contribution is 0.417. The third kappa shape index (κ3) is 3.51. The predicted molar refractivity (Wildman–Crippen MR) is 72.8 cm³/mol. The van der Waals surface area contributed by atoms with Crippen molar-refractivity contribution in [3.05, 3.63) is 53.5 Å². The van der Waals surface area contributed by atoms with E-state index in [1.54, 1.807) is 24.4 Å². The van der Waals surface area contributed by atoms with Crippen LogP contribution in [0.2, 0.25) is 0 Å². The van der Waals surface area contributed by atoms with Crippen molar-refractivity contribution in [3.63, 3.8) is 0 Å². The third-order valence-corrected chi connectivity index (χ3v) is 2.74. The Morgan fingerprint density at radius 2 is 1.95 bits per heavy atom. The molecule has 19 heavy (non-hydrogen) atoms. The van der Waals surface area contributed by atoms with Crippen LogP contribution in [-0.4, -0.2) is 11.5 Å². The number of pyridine rings is 1. The van der Waals surface area contributed by atoms with E-state index in [-0.39, 0.29) is 5.88 Å². The van der Waals surface area contributed by atoms with Crippen molar-refractivity contribution in [1.82, 2.24) is 10.3 Å². The first-order valence-electron chi connectivity index (χ1n) is 6.29. The summed E-state index contributed by atoms with van der Waals surface area (Å²) in [6.07, 6.45) is 1.55. The molecule has 1 N–H and O–H groups in total. The molecule has 1 aromatic carbocycles. The molecule has 0 fully saturated rings. The highest BCUT2D eigenvalue weighted by atomic mass is 19.1. The van der Waals surface area contributed by atoms with Crippen LogP contribution in [0.1, 0.15) is 18.1 Å². The number of rotatable bonds is 5. The topological polar surface area (TPSA) is 34.2 Å². The number of hydrogen-bond donors (Lipinski definition) is 1. The first kappa shape index (κ1) is 13.5. The summed E-state index contributed by atoms with van der Waals surface area (Å²) in [4.78, 5) is 3.94. The molecule has 0 aliphatic carbocycles. The summed E-state index contributed by atoms with van der Waals surface area (Å²) in [5.41, 5.74) is 1.68. The predicted octanol–water partition coefficient (Wildman–Crippen LogP) is 3.43. The zero-order valence-electron chi connectivity index (χ0n) is 11.1. The molecule has 2 rings (SSSR count). The van der Waals surface area contributed by atoms with E-state index in [9.17, 15) is 4.39 Å². The van der Waals surface area contributed by atoms with Gasteiger partial charge in [-0.2, -0.15) is 0 Å². The second-order valence-corrected chi connectivity index (χ2v) is 4.28. The lowest BCUT2D eigenvalue weighted by Crippen LogP contribution is -2.13. The number of ether oxygens (including phenoxy) is 1. The summed E-state index contributed by atoms with van der Waals surface area (Å²) in [5.74, 6) is 0.181. The van der Waals surface area contributed by atoms with Crippen LogP contribution in [0.25, 0.3) is 0 Å². The smallest absolute Gasteiger partial charge is 0.256 e. The Balaban J connectivity index is 2.18. The lowest BCUT2D eigenvalue weighted by Gasteiger charge is -2.09. The van der Waals surface area contributed by atoms with Gasteiger partial charge in [-0.05, 0) is 31.7 Å². The maximum atomic E-state index is 14.1. The zero-order valence-corrected chi connectivity index (χ0v) is 11.1. The molecule has 0 unspecified atom stereocenters. The Kier molecular flexibility index (Phi) is 4.47. The monoisotopic (exact) mass is 260 g/mol. The van der Waals surface area contributed by atoms with E-state index in [0.717, 1.165) is 12.1 Å². The van der Waals surface area contributed by atoms with Gasteiger partial charge < -0.3 is 10.1 Å². The molecule has 0 bridgehead atoms. The molecule has 0 atom stereocenters. The largest absolute Gasteiger partial charge is 0.436 e. The molecule has 0 saturated heterocycles. The van der Waals surface area contributed by atoms with Crippen molar-refractivity contribution >= 4 is 0 Å². The van der Waals surface area contributed by atoms with Gasteiger partial charge in [0.05, 0.1) is 0 Å². The van der Waals surface area contributed by atoms with E-state index in [0.29, 0.717) is 17.9 Å². The van der Waals surface area contributed by atoms with Crippen LogP contribution in [0.3, 0.4) is 0 Å². The third-order valence-electron chi connectivity index (χ3n) is 2.74. The molecule has 4 heteroatoms. The minimum atomic E-state index is -0.413. The van der Waals surface area contributed by atoms with Gasteiger partial charge in [-0.15, -0.1) is 0 Å². The highest BCUT2D eigenvalue weighted by Gasteiger charge is 2.11. The number of aryl methyl sites for hydroxylation is 1. The second-order valence-electron chi connectivity index (χ2n) is 4.28. The van der Waals surface area contributed by atoms with Crippen LogP contribution < -0.4 is 10.1 Å². The molecule has 1 aromatic heterocycles. The van der Waals surface area contributed by atoms with Gasteiger partial charge in [-0.3, -0.25) is 0 Å². The summed E-state index contributed by atoms with van der Waals surface area (Å²) in [5, 5.41) is 3.08. The quantitative estimate of drug-likeness (QED) is 0.894. The Morgan fingerprint density at radius 3 is 2.63 bits per heavy atom. The van der Waals surface area contributed by atoms with Gasteiger partial charge >= 0.3 is 0 Å². The Hall–Kier alpha value is -1.94. The van der Waals surface area contributed by atoms with Gasteiger partial charge in [0.25, 0.3) is 5.88 Å². The molecule has 0 radical (unpaired) electrons. The van der Waals surface area contributed by atoms with Crippen LogP contribution in [-0.2, 0) is 6.54 Å². The molecule has 0 saturated carbocycles. The molecule has 0 aliphatic rings. The average molecular weight is 260 g/mol. The molecule has 100 valence electrons. The highest BCUT2D eigenvalue weighted by Crippen LogP contribution is 2.24. The average Bonchev–Trinajstić information content (AvgIpc) is 2.42. The van der Waals surface area contributed by atoms with E-state index in [1.165, 1.54) is 0 Å². The summed E-state index contributed by atoms with van der Waals surface area (Å²) >= 11 is 0. The first-order valence-corrected chi connectivity index (χ1v) is 6.29. The van der Waals surface area contributed by atoms with E-state index in [4.69, 9.17) is 4.74 Å². The summed E-state index contributed by atoms with van der Waals surface area (Å²) in [7, 11) is 0. The van der Waals surface area contributed by atoms with Crippen LogP contribution in [0.5, 0.6) is 11.6 Å². The number of aromatic nitrogens is 1. The summed E-state index contributed by atoms with van der Waals surface area (Å²) in [6.45, 7) is 5.22. The van der Waals surface area contributed by atoms with Gasteiger partial charge in [0, 0.05) is 18.3 Å². The molecule has 3 nitrogen and oxygen atoms in total. The molecule has 0 spiro atoms. The molecule has 2 aromatic rings. The first-order chi connectivity index (χ1) is 9.20. The van der Waals surface area contributed by atoms with Gasteiger partial charge in [-0.1, -0.05) is 24.6 Å². The fourth-order valence-electron chi connectivity index (χ4n) is 1.65. The van der Waals surface area contributed by atoms with Crippen LogP contribution >= 0.6 is 0 Å². The van der Waals surface area contributed by atoms with Gasteiger partial charge in [-0.25, -0.2) is 9.37 Å². The minimum absolute atomic E-state index is 0.0132. The van der Waals surface area contributed by atoms with Crippen molar-refractivity contribution in [2.75, 3.05) is 6.54 Å². The molecule has 0 amide bonds. The molecule has 0 aliphatic heterocycles. The maximum Gasteiger partial charge on any atom is 0.256 e. The van der Waals surface area contributed by atoms with Crippen LogP contribution in [0, 0.1) is 12.7 Å². The highest BCUT2D eigenvalue weighted by molar-refractivity contribution is 5.32. The molecular weight excluding hydrogens is 243 g/mol. The van der Waals surface area contributed by atoms with Crippen molar-refractivity contribution in [2.45, 2.75) is 20.4 Å². The number of nitrogens with zero attached hydrogens (tertiary/aromatic N) is 1. The number of halogens is 1. The maximum absolute atomic E-state index is 14.1. The second kappa shape index (κ2) is 6.29. The van der Waals surface area contributed by atoms with E-state index >= 15 is 0 Å². The Morgan fingerprint density at radius 1 is 1.21 bits per heavy atom. The summed E-state index contributed by atoms with van der Waals surface area (Å²) in [6, 6.07) is 9.08. The van der Waals surface area contributed by atoms with E-state index in [1.807, 2.05) is 26.0 Å². The number of nitrogens with one attached hydrogen (secondary N) is 1. The Bertz CT molecular complexity index is 540. The molecule has 1 heterocycles. The van der Waals surface area contributed by atoms with Crippen molar-refractivity contribution in [2.24, 2.45) is 0 Å². The fourth-order valence-corrected chi connectivity index (χ4v) is 1.65. The van der Waals surface area contributed by atoms with Gasteiger partial charge in [0.1, 0.15) is 5.75 Å². The SMILES string of the molecule is CCNCc1ccnc(Oc2ccc(C)cc2)c1F. The lowest BCUT2D eigenvalue weighted by atomic mass is 10.2. The van der Waals surface area contributed by atoms with E-state index in [2.05, 4.69) is 10.3 Å². The van der Waals surface area contributed by atoms with Crippen LogP contribution in [0.4, 0.5) is 4.39 Å². The number of benzene rings is 1. The number of hydrogen-bond acceptors (Lipinski definition) is 3. The molecular formula is C15H17FN2O.